The molecule has 2 fully saturated rings. The molecule has 0 radical (unpaired) electrons. The molecule has 0 aromatic heterocycles. The van der Waals surface area contributed by atoms with Gasteiger partial charge in [-0.15, -0.1) is 0 Å². The summed E-state index contributed by atoms with van der Waals surface area (Å²) in [4.78, 5) is 9.92. The molecule has 0 atom stereocenters. The highest BCUT2D eigenvalue weighted by Gasteiger charge is 2.81. The standard InChI is InChI=1S/C50H52N2O18S8/c1-48(2)43(51(22-8-24-73(55,56)57)39-17-15-35-37(46(39)48)26-33(74(58,59)60)28-41(35)76(64,65)66)19-13-31(32-11-7-10-30(25-32)9-5-6-12-45(53)54)14-20-44-49(3,4)47-38-27-34(75(61,62)63)29-42(77(67,68)69)36(38)16-18-40(47)52(44)23-21-50-71-78(50,70)72-50/h7,10-11,13-20,25-29,78H,5-6,8-9,12,21-24H2,1-4H3,(H5-,53,54,55,56,57,58,59,60,61,62,63,64,65,66,67,68,69)/p+1. The van der Waals surface area contributed by atoms with Crippen molar-refractivity contribution in [3.8, 4) is 0 Å². The largest absolute Gasteiger partial charge is 0.481 e. The van der Waals surface area contributed by atoms with E-state index in [2.05, 4.69) is 0 Å². The molecule has 0 unspecified atom stereocenters. The average Bonchev–Trinajstić information content (AvgIpc) is 4.12. The van der Waals surface area contributed by atoms with E-state index in [1.165, 1.54) is 39.8 Å². The summed E-state index contributed by atoms with van der Waals surface area (Å²) < 4.78 is 191. The number of rotatable bonds is 20. The van der Waals surface area contributed by atoms with Crippen molar-refractivity contribution in [2.24, 2.45) is 0 Å². The van der Waals surface area contributed by atoms with Crippen LogP contribution in [0, 0.1) is 0 Å². The second kappa shape index (κ2) is 19.7. The van der Waals surface area contributed by atoms with Gasteiger partial charge >= 0.3 is 5.97 Å². The van der Waals surface area contributed by atoms with Gasteiger partial charge in [0.05, 0.1) is 21.0 Å². The second-order valence-electron chi connectivity index (χ2n) is 20.4. The summed E-state index contributed by atoms with van der Waals surface area (Å²) in [6.45, 7) is 7.40. The Hall–Kier alpha value is -4.82. The molecule has 0 spiro atoms. The Kier molecular flexibility index (Phi) is 14.6. The van der Waals surface area contributed by atoms with E-state index in [-0.39, 0.29) is 40.9 Å². The third-order valence-electron chi connectivity index (χ3n) is 14.5. The molecule has 0 saturated carbocycles. The highest BCUT2D eigenvalue weighted by molar-refractivity contribution is 9.38. The summed E-state index contributed by atoms with van der Waals surface area (Å²) in [6.07, 6.45) is 8.88. The first kappa shape index (κ1) is 57.9. The van der Waals surface area contributed by atoms with Crippen molar-refractivity contribution in [3.05, 3.63) is 125 Å². The first-order valence-electron chi connectivity index (χ1n) is 23.9. The fourth-order valence-electron chi connectivity index (χ4n) is 10.8. The summed E-state index contributed by atoms with van der Waals surface area (Å²) >= 11 is 0. The summed E-state index contributed by atoms with van der Waals surface area (Å²) in [5.74, 6) is -1.59. The number of nitrogens with zero attached hydrogens (tertiary/aromatic N) is 2. The number of allylic oxidation sites excluding steroid dienone is 6. The third-order valence-corrected chi connectivity index (χ3v) is 30.0. The average molecular weight is 1230 g/mol. The summed E-state index contributed by atoms with van der Waals surface area (Å²) in [7, 11) is -24.3. The predicted octanol–water partition coefficient (Wildman–Crippen LogP) is 8.14. The van der Waals surface area contributed by atoms with Gasteiger partial charge in [0.1, 0.15) is 9.79 Å². The van der Waals surface area contributed by atoms with Crippen molar-refractivity contribution in [2.75, 3.05) is 23.7 Å². The van der Waals surface area contributed by atoms with Gasteiger partial charge in [0, 0.05) is 72.7 Å². The van der Waals surface area contributed by atoms with Crippen molar-refractivity contribution in [3.63, 3.8) is 0 Å². The third kappa shape index (κ3) is 11.0. The Morgan fingerprint density at radius 1 is 0.692 bits per heavy atom. The van der Waals surface area contributed by atoms with Gasteiger partial charge in [-0.25, -0.2) is 0 Å². The van der Waals surface area contributed by atoms with E-state index in [0.717, 1.165) is 17.7 Å². The Morgan fingerprint density at radius 3 is 1.81 bits per heavy atom. The number of fused-ring (bicyclic) bond motifs is 7. The van der Waals surface area contributed by atoms with Gasteiger partial charge in [-0.2, -0.15) is 46.7 Å². The normalized spacial score (nSPS) is 20.6. The monoisotopic (exact) mass is 1230 g/mol. The van der Waals surface area contributed by atoms with E-state index in [1.807, 2.05) is 48.8 Å². The summed E-state index contributed by atoms with van der Waals surface area (Å²) in [6, 6.07) is 16.9. The van der Waals surface area contributed by atoms with Crippen LogP contribution in [0.3, 0.4) is 0 Å². The summed E-state index contributed by atoms with van der Waals surface area (Å²) in [5.41, 5.74) is 2.51. The fraction of sp³-hybridized carbons (Fsp3) is 0.320. The zero-order chi connectivity index (χ0) is 57.1. The molecule has 418 valence electrons. The predicted molar refractivity (Wildman–Crippen MR) is 300 cm³/mol. The Bertz CT molecular complexity index is 4230. The van der Waals surface area contributed by atoms with E-state index in [4.69, 9.17) is 0 Å². The summed E-state index contributed by atoms with van der Waals surface area (Å²) in [5, 5.41) is 9.30. The maximum atomic E-state index is 13.1. The molecule has 78 heavy (non-hydrogen) atoms. The lowest BCUT2D eigenvalue weighted by atomic mass is 9.78. The maximum Gasteiger partial charge on any atom is 0.303 e. The molecule has 0 aliphatic carbocycles. The molecule has 4 aliphatic rings. The lowest BCUT2D eigenvalue weighted by Crippen LogP contribution is -2.28. The topological polar surface area (TPSA) is 332 Å². The quantitative estimate of drug-likeness (QED) is 0.00735. The van der Waals surface area contributed by atoms with Crippen LogP contribution in [0.2, 0.25) is 0 Å². The lowest BCUT2D eigenvalue weighted by molar-refractivity contribution is -0.437. The van der Waals surface area contributed by atoms with Crippen molar-refractivity contribution in [1.82, 2.24) is 0 Å². The van der Waals surface area contributed by atoms with Gasteiger partial charge in [-0.1, -0.05) is 50.3 Å². The number of aryl methyl sites for hydroxylation is 1. The molecule has 6 N–H and O–H groups in total. The van der Waals surface area contributed by atoms with Crippen molar-refractivity contribution in [2.45, 2.75) is 100 Å². The van der Waals surface area contributed by atoms with Gasteiger partial charge in [-0.05, 0) is 143 Å². The number of benzene rings is 5. The van der Waals surface area contributed by atoms with Gasteiger partial charge in [0.15, 0.2) is 15.7 Å². The molecule has 4 aliphatic heterocycles. The molecule has 5 aromatic carbocycles. The van der Waals surface area contributed by atoms with Gasteiger partial charge in [0.2, 0.25) is 5.69 Å². The first-order chi connectivity index (χ1) is 36.0. The zero-order valence-corrected chi connectivity index (χ0v) is 48.5. The molecule has 0 amide bonds. The molecular formula is C50H53N2O18S8+. The molecule has 2 saturated heterocycles. The van der Waals surface area contributed by atoms with E-state index < -0.39 is 104 Å². The Balaban J connectivity index is 1.25. The lowest BCUT2D eigenvalue weighted by Gasteiger charge is -2.27. The molecule has 20 nitrogen and oxygen atoms in total. The van der Waals surface area contributed by atoms with Crippen LogP contribution in [0.5, 0.6) is 0 Å². The van der Waals surface area contributed by atoms with Crippen molar-refractivity contribution in [1.29, 1.82) is 0 Å². The smallest absolute Gasteiger partial charge is 0.303 e. The van der Waals surface area contributed by atoms with Gasteiger partial charge < -0.3 is 10.0 Å². The Labute approximate surface area is 459 Å². The van der Waals surface area contributed by atoms with Crippen LogP contribution in [-0.4, -0.2) is 113 Å². The maximum absolute atomic E-state index is 13.1. The molecule has 9 rings (SSSR count). The number of carbonyl (C=O) groups is 1. The van der Waals surface area contributed by atoms with Crippen molar-refractivity contribution >= 4 is 130 Å². The van der Waals surface area contributed by atoms with E-state index in [1.54, 1.807) is 43.0 Å². The second-order valence-corrected chi connectivity index (χ2v) is 36.8. The van der Waals surface area contributed by atoms with E-state index in [9.17, 15) is 79.0 Å². The van der Waals surface area contributed by atoms with Crippen LogP contribution in [-0.2, 0) is 80.6 Å². The molecule has 5 aromatic rings. The van der Waals surface area contributed by atoms with Crippen LogP contribution < -0.4 is 4.90 Å². The van der Waals surface area contributed by atoms with Gasteiger partial charge in [0.25, 0.3) is 50.6 Å². The fourth-order valence-corrected chi connectivity index (χ4v) is 24.4. The number of aliphatic carboxylic acids is 1. The number of unbranched alkanes of at least 4 members (excludes halogenated alkanes) is 1. The van der Waals surface area contributed by atoms with Crippen LogP contribution in [0.1, 0.15) is 82.1 Å². The van der Waals surface area contributed by atoms with Crippen LogP contribution in [0.15, 0.2) is 122 Å². The minimum atomic E-state index is -5.10. The Morgan fingerprint density at radius 2 is 1.27 bits per heavy atom. The van der Waals surface area contributed by atoms with Crippen LogP contribution in [0.4, 0.5) is 11.4 Å². The molecular weight excluding hydrogens is 1170 g/mol. The number of carboxylic acids is 1. The number of hydrogen-bond acceptors (Lipinski definition) is 15. The molecule has 0 bridgehead atoms. The van der Waals surface area contributed by atoms with Gasteiger partial charge in [-0.3, -0.25) is 31.8 Å². The minimum Gasteiger partial charge on any atom is -0.481 e. The highest BCUT2D eigenvalue weighted by Crippen LogP contribution is 2.93. The van der Waals surface area contributed by atoms with E-state index >= 15 is 0 Å². The zero-order valence-electron chi connectivity index (χ0n) is 41.9. The number of thiol groups is 1. The van der Waals surface area contributed by atoms with Crippen LogP contribution in [0.25, 0.3) is 27.1 Å². The number of carboxylic acid groups (broad SMARTS) is 1. The minimum absolute atomic E-state index is 0.0210. The first-order valence-corrected chi connectivity index (χ1v) is 35.8. The highest BCUT2D eigenvalue weighted by atomic mass is 33.6. The SMILES string of the molecule is CC1(C)C(/C=C/C(=C/C=C2/N(CCCS(=O)(=O)O)c3ccc4c(S(=O)(=O)O)cc(S(=O)(=O)O)cc4c3C2(C)C)c2cccc(CCCCC(=O)O)c2)=[N+](CCC23S[SH]2(=O)S3)c2ccc3c(S(=O)(=O)O)cc(S(=O)(=O)O)cc3c21. The number of hydrogen-bond donors (Lipinski definition) is 7. The molecule has 28 heteroatoms. The molecule has 4 heterocycles. The number of anilines is 1. The van der Waals surface area contributed by atoms with Crippen LogP contribution >= 0.6 is 21.6 Å². The van der Waals surface area contributed by atoms with Crippen molar-refractivity contribution < 1.29 is 83.5 Å². The van der Waals surface area contributed by atoms with E-state index in [0.29, 0.717) is 89.4 Å².